The molecule has 2 aromatic rings. The Morgan fingerprint density at radius 3 is 2.52 bits per heavy atom. The normalized spacial score (nSPS) is 23.8. The molecule has 0 radical (unpaired) electrons. The van der Waals surface area contributed by atoms with Crippen LogP contribution in [0.25, 0.3) is 0 Å². The average Bonchev–Trinajstić information content (AvgIpc) is 3.09. The van der Waals surface area contributed by atoms with Crippen LogP contribution in [0.15, 0.2) is 54.9 Å². The topological polar surface area (TPSA) is 68.8 Å². The van der Waals surface area contributed by atoms with Gasteiger partial charge in [-0.2, -0.15) is 0 Å². The van der Waals surface area contributed by atoms with E-state index in [0.29, 0.717) is 12.8 Å². The maximum Gasteiger partial charge on any atom is 0.325 e. The summed E-state index contributed by atoms with van der Waals surface area (Å²) in [4.78, 5) is 37.0. The molecule has 4 heterocycles. The summed E-state index contributed by atoms with van der Waals surface area (Å²) in [5.74, 6) is -0.0107. The number of amides is 3. The van der Waals surface area contributed by atoms with Gasteiger partial charge < -0.3 is 10.2 Å². The third kappa shape index (κ3) is 4.80. The van der Waals surface area contributed by atoms with Crippen LogP contribution in [0.5, 0.6) is 0 Å². The second-order valence-corrected chi connectivity index (χ2v) is 9.66. The molecule has 1 N–H and O–H groups in total. The van der Waals surface area contributed by atoms with Gasteiger partial charge in [0.15, 0.2) is 0 Å². The molecule has 0 unspecified atom stereocenters. The van der Waals surface area contributed by atoms with Gasteiger partial charge in [0, 0.05) is 45.1 Å². The van der Waals surface area contributed by atoms with Crippen molar-refractivity contribution in [3.8, 4) is 0 Å². The monoisotopic (exact) mass is 447 g/mol. The first kappa shape index (κ1) is 22.0. The van der Waals surface area contributed by atoms with E-state index >= 15 is 0 Å². The number of carbonyl (C=O) groups excluding carboxylic acids is 2. The van der Waals surface area contributed by atoms with Crippen LogP contribution in [0.1, 0.15) is 36.8 Å². The van der Waals surface area contributed by atoms with E-state index in [1.54, 1.807) is 11.1 Å². The zero-order valence-corrected chi connectivity index (χ0v) is 19.2. The number of likely N-dealkylation sites (tertiary alicyclic amines) is 2. The predicted octanol–water partition coefficient (Wildman–Crippen LogP) is 2.68. The third-order valence-corrected chi connectivity index (χ3v) is 7.44. The molecule has 7 heteroatoms. The number of piperidine rings is 2. The fraction of sp³-hybridized carbons (Fsp3) is 0.500. The smallest absolute Gasteiger partial charge is 0.323 e. The van der Waals surface area contributed by atoms with Crippen molar-refractivity contribution in [2.75, 3.05) is 32.7 Å². The number of urea groups is 1. The van der Waals surface area contributed by atoms with Crippen molar-refractivity contribution >= 4 is 11.9 Å². The first-order chi connectivity index (χ1) is 16.1. The predicted molar refractivity (Wildman–Crippen MR) is 126 cm³/mol. The van der Waals surface area contributed by atoms with Crippen LogP contribution < -0.4 is 5.32 Å². The van der Waals surface area contributed by atoms with Crippen LogP contribution >= 0.6 is 0 Å². The molecule has 7 nitrogen and oxygen atoms in total. The molecule has 1 spiro atoms. The Morgan fingerprint density at radius 2 is 1.76 bits per heavy atom. The Bertz CT molecular complexity index is 959. The van der Waals surface area contributed by atoms with Gasteiger partial charge in [0.2, 0.25) is 0 Å². The SMILES string of the molecule is O=C1NC2(CCN(CCc3ccccc3)CC2)C(=O)N1[C@H]1CCCN(Cc2cccnc2)C1. The highest BCUT2D eigenvalue weighted by Gasteiger charge is 2.54. The maximum absolute atomic E-state index is 13.5. The summed E-state index contributed by atoms with van der Waals surface area (Å²) in [7, 11) is 0. The molecule has 1 aromatic carbocycles. The Kier molecular flexibility index (Phi) is 6.42. The van der Waals surface area contributed by atoms with Crippen LogP contribution in [-0.2, 0) is 17.8 Å². The molecule has 3 amide bonds. The van der Waals surface area contributed by atoms with Gasteiger partial charge in [-0.05, 0) is 55.8 Å². The summed E-state index contributed by atoms with van der Waals surface area (Å²) < 4.78 is 0. The lowest BCUT2D eigenvalue weighted by molar-refractivity contribution is -0.135. The molecule has 1 aromatic heterocycles. The minimum Gasteiger partial charge on any atom is -0.323 e. The van der Waals surface area contributed by atoms with Gasteiger partial charge in [-0.25, -0.2) is 4.79 Å². The molecular weight excluding hydrogens is 414 g/mol. The number of imide groups is 1. The molecule has 3 aliphatic rings. The van der Waals surface area contributed by atoms with Crippen LogP contribution in [0.4, 0.5) is 4.79 Å². The van der Waals surface area contributed by atoms with Crippen molar-refractivity contribution in [3.63, 3.8) is 0 Å². The fourth-order valence-electron chi connectivity index (χ4n) is 5.54. The summed E-state index contributed by atoms with van der Waals surface area (Å²) in [6.45, 7) is 5.17. The molecule has 0 bridgehead atoms. The summed E-state index contributed by atoms with van der Waals surface area (Å²) in [5.41, 5.74) is 1.78. The largest absolute Gasteiger partial charge is 0.325 e. The first-order valence-corrected chi connectivity index (χ1v) is 12.2. The lowest BCUT2D eigenvalue weighted by atomic mass is 9.87. The van der Waals surface area contributed by atoms with E-state index in [-0.39, 0.29) is 18.0 Å². The van der Waals surface area contributed by atoms with Crippen molar-refractivity contribution in [2.24, 2.45) is 0 Å². The van der Waals surface area contributed by atoms with E-state index in [4.69, 9.17) is 0 Å². The summed E-state index contributed by atoms with van der Waals surface area (Å²) in [5, 5.41) is 3.11. The summed E-state index contributed by atoms with van der Waals surface area (Å²) in [6, 6.07) is 14.3. The van der Waals surface area contributed by atoms with Crippen LogP contribution in [0, 0.1) is 0 Å². The molecular formula is C26H33N5O2. The summed E-state index contributed by atoms with van der Waals surface area (Å²) in [6.07, 6.45) is 7.92. The standard InChI is InChI=1S/C26H33N5O2/c32-24-26(11-16-29(17-12-26)15-10-21-6-2-1-3-7-21)28-25(33)31(24)23-9-5-14-30(20-23)19-22-8-4-13-27-18-22/h1-4,6-8,13,18,23H,5,9-12,14-17,19-20H2,(H,28,33)/t23-/m0/s1. The number of carbonyl (C=O) groups is 2. The highest BCUT2D eigenvalue weighted by atomic mass is 16.2. The van der Waals surface area contributed by atoms with E-state index < -0.39 is 5.54 Å². The highest BCUT2D eigenvalue weighted by molar-refractivity contribution is 6.07. The third-order valence-electron chi connectivity index (χ3n) is 7.44. The average molecular weight is 448 g/mol. The fourth-order valence-corrected chi connectivity index (χ4v) is 5.54. The number of nitrogens with zero attached hydrogens (tertiary/aromatic N) is 4. The van der Waals surface area contributed by atoms with Gasteiger partial charge in [0.1, 0.15) is 5.54 Å². The molecule has 0 aliphatic carbocycles. The number of hydrogen-bond donors (Lipinski definition) is 1. The number of nitrogens with one attached hydrogen (secondary N) is 1. The molecule has 3 fully saturated rings. The molecule has 3 saturated heterocycles. The Labute approximate surface area is 195 Å². The lowest BCUT2D eigenvalue weighted by Gasteiger charge is -2.39. The van der Waals surface area contributed by atoms with E-state index in [9.17, 15) is 9.59 Å². The number of rotatable bonds is 6. The van der Waals surface area contributed by atoms with Crippen molar-refractivity contribution in [1.82, 2.24) is 25.0 Å². The van der Waals surface area contributed by atoms with Crippen LogP contribution in [-0.4, -0.2) is 75.9 Å². The van der Waals surface area contributed by atoms with Crippen molar-refractivity contribution in [1.29, 1.82) is 0 Å². The second-order valence-electron chi connectivity index (χ2n) is 9.66. The zero-order valence-electron chi connectivity index (χ0n) is 19.2. The zero-order chi connectivity index (χ0) is 22.7. The minimum absolute atomic E-state index is 0.0107. The van der Waals surface area contributed by atoms with E-state index in [1.165, 1.54) is 5.56 Å². The van der Waals surface area contributed by atoms with Crippen molar-refractivity contribution in [2.45, 2.75) is 50.2 Å². The number of benzene rings is 1. The molecule has 174 valence electrons. The molecule has 1 atom stereocenters. The van der Waals surface area contributed by atoms with Gasteiger partial charge in [-0.15, -0.1) is 0 Å². The Hall–Kier alpha value is -2.77. The van der Waals surface area contributed by atoms with E-state index in [0.717, 1.165) is 64.1 Å². The molecule has 0 saturated carbocycles. The quantitative estimate of drug-likeness (QED) is 0.690. The minimum atomic E-state index is -0.716. The number of pyridine rings is 1. The van der Waals surface area contributed by atoms with Gasteiger partial charge in [-0.3, -0.25) is 19.6 Å². The number of aromatic nitrogens is 1. The van der Waals surface area contributed by atoms with Crippen LogP contribution in [0.3, 0.4) is 0 Å². The first-order valence-electron chi connectivity index (χ1n) is 12.2. The number of hydrogen-bond acceptors (Lipinski definition) is 5. The maximum atomic E-state index is 13.5. The summed E-state index contributed by atoms with van der Waals surface area (Å²) >= 11 is 0. The van der Waals surface area contributed by atoms with Crippen LogP contribution in [0.2, 0.25) is 0 Å². The van der Waals surface area contributed by atoms with Gasteiger partial charge in [-0.1, -0.05) is 36.4 Å². The highest BCUT2D eigenvalue weighted by Crippen LogP contribution is 2.32. The van der Waals surface area contributed by atoms with E-state index in [1.807, 2.05) is 18.3 Å². The van der Waals surface area contributed by atoms with Crippen molar-refractivity contribution < 1.29 is 9.59 Å². The van der Waals surface area contributed by atoms with Gasteiger partial charge in [0.05, 0.1) is 6.04 Å². The molecule has 3 aliphatic heterocycles. The Balaban J connectivity index is 1.18. The van der Waals surface area contributed by atoms with E-state index in [2.05, 4.69) is 50.4 Å². The second kappa shape index (κ2) is 9.61. The lowest BCUT2D eigenvalue weighted by Crippen LogP contribution is -2.56. The molecule has 33 heavy (non-hydrogen) atoms. The van der Waals surface area contributed by atoms with Gasteiger partial charge in [0.25, 0.3) is 5.91 Å². The van der Waals surface area contributed by atoms with Crippen molar-refractivity contribution in [3.05, 3.63) is 66.0 Å². The molecule has 5 rings (SSSR count). The van der Waals surface area contributed by atoms with Gasteiger partial charge >= 0.3 is 6.03 Å². The Morgan fingerprint density at radius 1 is 0.970 bits per heavy atom.